The van der Waals surface area contributed by atoms with Crippen molar-refractivity contribution in [2.24, 2.45) is 0 Å². The molecule has 0 amide bonds. The smallest absolute Gasteiger partial charge is 0.163 e. The third-order valence-corrected chi connectivity index (χ3v) is 4.31. The van der Waals surface area contributed by atoms with Crippen LogP contribution in [0.4, 0.5) is 0 Å². The Kier molecular flexibility index (Phi) is 4.51. The molecule has 3 rings (SSSR count). The summed E-state index contributed by atoms with van der Waals surface area (Å²) in [5.41, 5.74) is 2.44. The molecule has 0 spiro atoms. The van der Waals surface area contributed by atoms with Gasteiger partial charge in [-0.25, -0.2) is 0 Å². The number of benzene rings is 2. The van der Waals surface area contributed by atoms with E-state index in [0.717, 1.165) is 11.1 Å². The van der Waals surface area contributed by atoms with E-state index >= 15 is 0 Å². The molecule has 1 aliphatic rings. The van der Waals surface area contributed by atoms with Gasteiger partial charge in [0.05, 0.1) is 12.7 Å². The number of hydrogen-bond acceptors (Lipinski definition) is 6. The van der Waals surface area contributed by atoms with E-state index in [1.165, 1.54) is 12.1 Å². The molecular weight excluding hydrogens is 310 g/mol. The first kappa shape index (κ1) is 16.4. The van der Waals surface area contributed by atoms with Crippen molar-refractivity contribution in [1.82, 2.24) is 5.32 Å². The van der Waals surface area contributed by atoms with Crippen molar-refractivity contribution in [2.45, 2.75) is 32.1 Å². The minimum absolute atomic E-state index is 0.109. The average Bonchev–Trinajstić information content (AvgIpc) is 2.96. The van der Waals surface area contributed by atoms with E-state index in [-0.39, 0.29) is 41.8 Å². The van der Waals surface area contributed by atoms with Gasteiger partial charge in [0.15, 0.2) is 23.0 Å². The largest absolute Gasteiger partial charge is 0.504 e. The number of nitrogens with one attached hydrogen (secondary N) is 1. The molecule has 2 atom stereocenters. The lowest BCUT2D eigenvalue weighted by atomic mass is 10.0. The van der Waals surface area contributed by atoms with Gasteiger partial charge in [0.1, 0.15) is 0 Å². The molecule has 0 fully saturated rings. The van der Waals surface area contributed by atoms with E-state index in [1.54, 1.807) is 18.2 Å². The predicted octanol–water partition coefficient (Wildman–Crippen LogP) is 2.30. The molecule has 2 aromatic carbocycles. The van der Waals surface area contributed by atoms with E-state index in [0.29, 0.717) is 18.5 Å². The van der Waals surface area contributed by atoms with E-state index in [2.05, 4.69) is 5.32 Å². The molecule has 0 saturated carbocycles. The van der Waals surface area contributed by atoms with Crippen molar-refractivity contribution in [2.75, 3.05) is 6.54 Å². The lowest BCUT2D eigenvalue weighted by Gasteiger charge is -2.18. The number of hydrogen-bond donors (Lipinski definition) is 5. The quantitative estimate of drug-likeness (QED) is 0.539. The molecule has 24 heavy (non-hydrogen) atoms. The zero-order chi connectivity index (χ0) is 17.3. The maximum atomic E-state index is 9.86. The van der Waals surface area contributed by atoms with Crippen LogP contribution in [0.15, 0.2) is 30.3 Å². The minimum atomic E-state index is -0.179. The Morgan fingerprint density at radius 3 is 2.58 bits per heavy atom. The van der Waals surface area contributed by atoms with Crippen molar-refractivity contribution in [3.05, 3.63) is 47.0 Å². The second-order valence-electron chi connectivity index (χ2n) is 6.14. The van der Waals surface area contributed by atoms with Crippen molar-refractivity contribution in [3.8, 4) is 23.0 Å². The second kappa shape index (κ2) is 6.59. The van der Waals surface area contributed by atoms with Crippen LogP contribution >= 0.6 is 0 Å². The Balaban J connectivity index is 1.59. The molecule has 1 aliphatic heterocycles. The summed E-state index contributed by atoms with van der Waals surface area (Å²) >= 11 is 0. The van der Waals surface area contributed by atoms with E-state index in [9.17, 15) is 20.4 Å². The highest BCUT2D eigenvalue weighted by Gasteiger charge is 2.27. The molecular formula is C18H21NO5. The van der Waals surface area contributed by atoms with Gasteiger partial charge in [-0.05, 0) is 42.7 Å². The molecule has 128 valence electrons. The van der Waals surface area contributed by atoms with Gasteiger partial charge < -0.3 is 30.5 Å². The number of aromatic hydroxyl groups is 4. The summed E-state index contributed by atoms with van der Waals surface area (Å²) in [7, 11) is 0. The van der Waals surface area contributed by atoms with E-state index in [1.807, 2.05) is 6.92 Å². The number of phenols is 4. The zero-order valence-corrected chi connectivity index (χ0v) is 13.4. The SMILES string of the molecule is CC(Cc1ccc(O)c(O)c1)NCC1OCc2c1ccc(O)c2O. The summed E-state index contributed by atoms with van der Waals surface area (Å²) in [4.78, 5) is 0. The molecule has 6 heteroatoms. The maximum Gasteiger partial charge on any atom is 0.163 e. The van der Waals surface area contributed by atoms with Gasteiger partial charge in [-0.2, -0.15) is 0 Å². The highest BCUT2D eigenvalue weighted by molar-refractivity contribution is 5.50. The van der Waals surface area contributed by atoms with Crippen molar-refractivity contribution >= 4 is 0 Å². The normalized spacial score (nSPS) is 17.6. The summed E-state index contributed by atoms with van der Waals surface area (Å²) in [5, 5.41) is 41.6. The summed E-state index contributed by atoms with van der Waals surface area (Å²) in [6.45, 7) is 2.87. The van der Waals surface area contributed by atoms with Gasteiger partial charge in [0.2, 0.25) is 0 Å². The van der Waals surface area contributed by atoms with Crippen LogP contribution in [0.3, 0.4) is 0 Å². The van der Waals surface area contributed by atoms with Gasteiger partial charge in [0, 0.05) is 18.2 Å². The molecule has 6 nitrogen and oxygen atoms in total. The Morgan fingerprint density at radius 2 is 1.83 bits per heavy atom. The molecule has 2 unspecified atom stereocenters. The van der Waals surface area contributed by atoms with Crippen molar-refractivity contribution in [3.63, 3.8) is 0 Å². The van der Waals surface area contributed by atoms with Gasteiger partial charge in [-0.3, -0.25) is 0 Å². The van der Waals surface area contributed by atoms with Gasteiger partial charge in [0.25, 0.3) is 0 Å². The van der Waals surface area contributed by atoms with Crippen LogP contribution in [0.2, 0.25) is 0 Å². The molecule has 5 N–H and O–H groups in total. The Bertz CT molecular complexity index is 746. The topological polar surface area (TPSA) is 102 Å². The fourth-order valence-corrected chi connectivity index (χ4v) is 2.97. The fraction of sp³-hybridized carbons (Fsp3) is 0.333. The van der Waals surface area contributed by atoms with E-state index < -0.39 is 0 Å². The highest BCUT2D eigenvalue weighted by atomic mass is 16.5. The van der Waals surface area contributed by atoms with Crippen LogP contribution in [0.25, 0.3) is 0 Å². The zero-order valence-electron chi connectivity index (χ0n) is 13.4. The third kappa shape index (κ3) is 3.25. The fourth-order valence-electron chi connectivity index (χ4n) is 2.97. The van der Waals surface area contributed by atoms with Crippen LogP contribution in [0, 0.1) is 0 Å². The molecule has 2 aromatic rings. The number of rotatable bonds is 5. The molecule has 0 radical (unpaired) electrons. The highest BCUT2D eigenvalue weighted by Crippen LogP contribution is 2.40. The number of ether oxygens (including phenoxy) is 1. The molecule has 0 saturated heterocycles. The first-order chi connectivity index (χ1) is 11.5. The van der Waals surface area contributed by atoms with Crippen LogP contribution < -0.4 is 5.32 Å². The van der Waals surface area contributed by atoms with Crippen molar-refractivity contribution in [1.29, 1.82) is 0 Å². The molecule has 0 bridgehead atoms. The first-order valence-electron chi connectivity index (χ1n) is 7.85. The molecule has 1 heterocycles. The lowest BCUT2D eigenvalue weighted by Crippen LogP contribution is -2.32. The molecule has 0 aliphatic carbocycles. The predicted molar refractivity (Wildman–Crippen MR) is 88.2 cm³/mol. The standard InChI is InChI=1S/C18H21NO5/c1-10(6-11-2-4-14(20)16(22)7-11)19-8-17-12-3-5-15(21)18(23)13(12)9-24-17/h2-5,7,10,17,19-23H,6,8-9H2,1H3. The van der Waals surface area contributed by atoms with Crippen LogP contribution in [-0.2, 0) is 17.8 Å². The van der Waals surface area contributed by atoms with Crippen LogP contribution in [0.5, 0.6) is 23.0 Å². The second-order valence-corrected chi connectivity index (χ2v) is 6.14. The monoisotopic (exact) mass is 331 g/mol. The van der Waals surface area contributed by atoms with E-state index in [4.69, 9.17) is 4.74 Å². The summed E-state index contributed by atoms with van der Waals surface area (Å²) in [6.07, 6.45) is 0.510. The minimum Gasteiger partial charge on any atom is -0.504 e. The Hall–Kier alpha value is -2.44. The average molecular weight is 331 g/mol. The van der Waals surface area contributed by atoms with Crippen molar-refractivity contribution < 1.29 is 25.2 Å². The summed E-state index contributed by atoms with van der Waals surface area (Å²) < 4.78 is 5.69. The van der Waals surface area contributed by atoms with Gasteiger partial charge >= 0.3 is 0 Å². The van der Waals surface area contributed by atoms with Gasteiger partial charge in [-0.1, -0.05) is 12.1 Å². The van der Waals surface area contributed by atoms with Gasteiger partial charge in [-0.15, -0.1) is 0 Å². The van der Waals surface area contributed by atoms with Crippen LogP contribution in [-0.4, -0.2) is 33.0 Å². The first-order valence-corrected chi connectivity index (χ1v) is 7.85. The molecule has 0 aromatic heterocycles. The number of phenolic OH excluding ortho intramolecular Hbond substituents is 4. The lowest BCUT2D eigenvalue weighted by molar-refractivity contribution is 0.0638. The summed E-state index contributed by atoms with van der Waals surface area (Å²) in [6, 6.07) is 8.17. The van der Waals surface area contributed by atoms with Crippen LogP contribution in [0.1, 0.15) is 29.7 Å². The number of fused-ring (bicyclic) bond motifs is 1. The third-order valence-electron chi connectivity index (χ3n) is 4.31. The Morgan fingerprint density at radius 1 is 1.08 bits per heavy atom. The Labute approximate surface area is 140 Å². The maximum absolute atomic E-state index is 9.86. The summed E-state index contributed by atoms with van der Waals surface area (Å²) in [5.74, 6) is -0.490.